The van der Waals surface area contributed by atoms with Crippen LogP contribution in [0.4, 0.5) is 0 Å². The molecule has 5 N–H and O–H groups in total. The molecule has 44 heavy (non-hydrogen) atoms. The first-order chi connectivity index (χ1) is 21.0. The fourth-order valence-corrected chi connectivity index (χ4v) is 7.55. The zero-order valence-corrected chi connectivity index (χ0v) is 28.7. The van der Waals surface area contributed by atoms with Gasteiger partial charge in [-0.15, -0.1) is 34.8 Å². The summed E-state index contributed by atoms with van der Waals surface area (Å²) in [5.41, 5.74) is 2.63. The number of unbranched alkanes of at least 4 members (excludes halogenated alkanes) is 1. The number of aromatic hydroxyl groups is 4. The summed E-state index contributed by atoms with van der Waals surface area (Å²) in [5.74, 6) is 1.23. The average Bonchev–Trinajstić information content (AvgIpc) is 2.95. The zero-order valence-electron chi connectivity index (χ0n) is 26.5. The molecule has 0 amide bonds. The van der Waals surface area contributed by atoms with Crippen LogP contribution in [-0.4, -0.2) is 36.2 Å². The van der Waals surface area contributed by atoms with Crippen molar-refractivity contribution in [2.24, 2.45) is 11.8 Å². The lowest BCUT2D eigenvalue weighted by atomic mass is 9.83. The number of hydrogen-bond donors (Lipinski definition) is 5. The van der Waals surface area contributed by atoms with Gasteiger partial charge in [-0.1, -0.05) is 58.8 Å². The summed E-state index contributed by atoms with van der Waals surface area (Å²) in [7, 11) is 0. The number of hydrogen-bond acceptors (Lipinski definition) is 5. The van der Waals surface area contributed by atoms with Gasteiger partial charge in [0.2, 0.25) is 0 Å². The summed E-state index contributed by atoms with van der Waals surface area (Å²) in [6.07, 6.45) is 11.7. The molecule has 4 aliphatic carbocycles. The Morgan fingerprint density at radius 1 is 0.705 bits per heavy atom. The Hall–Kier alpha value is -1.53. The van der Waals surface area contributed by atoms with Crippen LogP contribution in [0.2, 0.25) is 0 Å². The first-order valence-corrected chi connectivity index (χ1v) is 18.0. The molecule has 0 unspecified atom stereocenters. The number of alkyl halides is 3. The van der Waals surface area contributed by atoms with Crippen molar-refractivity contribution in [3.8, 4) is 23.0 Å². The summed E-state index contributed by atoms with van der Waals surface area (Å²) in [5, 5.41) is 55.6. The molecule has 2 aromatic rings. The van der Waals surface area contributed by atoms with Crippen LogP contribution < -0.4 is 0 Å². The van der Waals surface area contributed by atoms with Gasteiger partial charge in [-0.2, -0.15) is 0 Å². The van der Waals surface area contributed by atoms with E-state index in [0.29, 0.717) is 34.9 Å². The first kappa shape index (κ1) is 36.9. The molecular formula is C36H53Cl3O5. The van der Waals surface area contributed by atoms with Crippen LogP contribution >= 0.6 is 34.8 Å². The molecule has 0 radical (unpaired) electrons. The Labute approximate surface area is 279 Å². The Bertz CT molecular complexity index is 1110. The van der Waals surface area contributed by atoms with Crippen LogP contribution in [0.5, 0.6) is 23.0 Å². The van der Waals surface area contributed by atoms with Crippen molar-refractivity contribution >= 4 is 34.8 Å². The molecule has 0 aromatic heterocycles. The lowest BCUT2D eigenvalue weighted by Crippen LogP contribution is -2.11. The maximum Gasteiger partial charge on any atom is 0.123 e. The van der Waals surface area contributed by atoms with E-state index in [1.54, 1.807) is 12.1 Å². The van der Waals surface area contributed by atoms with Crippen molar-refractivity contribution in [2.45, 2.75) is 133 Å². The molecule has 0 spiro atoms. The van der Waals surface area contributed by atoms with E-state index in [1.165, 1.54) is 0 Å². The van der Waals surface area contributed by atoms with Crippen LogP contribution in [0.25, 0.3) is 0 Å². The second-order valence-corrected chi connectivity index (χ2v) is 14.9. The number of phenols is 4. The highest BCUT2D eigenvalue weighted by Crippen LogP contribution is 2.44. The van der Waals surface area contributed by atoms with E-state index in [4.69, 9.17) is 34.8 Å². The van der Waals surface area contributed by atoms with Gasteiger partial charge < -0.3 is 25.5 Å². The fraction of sp³-hybridized carbons (Fsp3) is 0.667. The molecule has 0 heterocycles. The highest BCUT2D eigenvalue weighted by Gasteiger charge is 2.25. The molecular weight excluding hydrogens is 619 g/mol. The van der Waals surface area contributed by atoms with E-state index in [2.05, 4.69) is 6.92 Å². The second kappa shape index (κ2) is 18.6. The third-order valence-corrected chi connectivity index (χ3v) is 10.2. The average molecular weight is 672 g/mol. The van der Waals surface area contributed by atoms with Crippen molar-refractivity contribution in [2.75, 3.05) is 5.88 Å². The number of aliphatic hydroxyl groups is 1. The summed E-state index contributed by atoms with van der Waals surface area (Å²) in [6.45, 7) is 4.18. The standard InChI is InChI=1S/C36H53Cl3O5/c1-23-10-3-5-12-26(14-7-8-17-37)35-31(42)21-28(22-32(35)43)36(44)24(2)11-4-6-13-27(15-9-16-33(38)39)34-29(40)19-25(18-23)20-30(34)41/h19-24,26-27,33,36,40-44H,3-18H2,1-2H3/t23-,24-,26+,27+,36+/m0/s1. The van der Waals surface area contributed by atoms with Crippen LogP contribution in [-0.2, 0) is 6.42 Å². The first-order valence-electron chi connectivity index (χ1n) is 16.6. The molecule has 4 bridgehead atoms. The normalized spacial score (nSPS) is 24.3. The number of benzene rings is 2. The van der Waals surface area contributed by atoms with Crippen molar-refractivity contribution in [3.63, 3.8) is 0 Å². The van der Waals surface area contributed by atoms with Gasteiger partial charge in [-0.25, -0.2) is 0 Å². The van der Waals surface area contributed by atoms with Gasteiger partial charge in [0.15, 0.2) is 0 Å². The quantitative estimate of drug-likeness (QED) is 0.142. The van der Waals surface area contributed by atoms with Crippen molar-refractivity contribution in [3.05, 3.63) is 46.5 Å². The van der Waals surface area contributed by atoms with E-state index in [0.717, 1.165) is 95.5 Å². The van der Waals surface area contributed by atoms with Gasteiger partial charge in [0.25, 0.3) is 0 Å². The Morgan fingerprint density at radius 3 is 1.75 bits per heavy atom. The molecule has 0 saturated carbocycles. The van der Waals surface area contributed by atoms with Crippen LogP contribution in [0.3, 0.4) is 0 Å². The van der Waals surface area contributed by atoms with Gasteiger partial charge >= 0.3 is 0 Å². The summed E-state index contributed by atoms with van der Waals surface area (Å²) in [6, 6.07) is 6.89. The molecule has 5 atom stereocenters. The SMILES string of the molecule is C[C@H]1CCCC[C@H](CCCCCl)c2c(O)cc(cc2O)[C@H](O)[C@@H](C)CCCC[C@H](CCCC(Cl)Cl)c2c(O)cc(cc2O)C1. The summed E-state index contributed by atoms with van der Waals surface area (Å²) >= 11 is 17.9. The minimum Gasteiger partial charge on any atom is -0.508 e. The predicted octanol–water partition coefficient (Wildman–Crippen LogP) is 10.7. The molecule has 0 aliphatic heterocycles. The Morgan fingerprint density at radius 2 is 1.20 bits per heavy atom. The third kappa shape index (κ3) is 11.1. The van der Waals surface area contributed by atoms with E-state index < -0.39 is 10.9 Å². The monoisotopic (exact) mass is 670 g/mol. The maximum atomic E-state index is 11.2. The van der Waals surface area contributed by atoms with Crippen molar-refractivity contribution < 1.29 is 25.5 Å². The molecule has 8 heteroatoms. The maximum absolute atomic E-state index is 11.2. The lowest BCUT2D eigenvalue weighted by Gasteiger charge is -2.25. The van der Waals surface area contributed by atoms with Gasteiger partial charge in [-0.3, -0.25) is 0 Å². The molecule has 5 nitrogen and oxygen atoms in total. The molecule has 4 aliphatic rings. The molecule has 0 fully saturated rings. The van der Waals surface area contributed by atoms with E-state index in [1.807, 2.05) is 19.1 Å². The highest BCUT2D eigenvalue weighted by atomic mass is 35.5. The van der Waals surface area contributed by atoms with Gasteiger partial charge in [-0.05, 0) is 110 Å². The fourth-order valence-electron chi connectivity index (χ4n) is 7.05. The topological polar surface area (TPSA) is 101 Å². The van der Waals surface area contributed by atoms with E-state index in [-0.39, 0.29) is 40.8 Å². The number of halogens is 3. The molecule has 2 aromatic carbocycles. The molecule has 248 valence electrons. The van der Waals surface area contributed by atoms with Gasteiger partial charge in [0.1, 0.15) is 27.8 Å². The van der Waals surface area contributed by atoms with E-state index >= 15 is 0 Å². The smallest absolute Gasteiger partial charge is 0.123 e. The number of aliphatic hydroxyl groups excluding tert-OH is 1. The minimum atomic E-state index is -0.823. The van der Waals surface area contributed by atoms with Crippen LogP contribution in [0.1, 0.15) is 144 Å². The van der Waals surface area contributed by atoms with Gasteiger partial charge in [0, 0.05) is 17.0 Å². The van der Waals surface area contributed by atoms with Crippen LogP contribution in [0.15, 0.2) is 24.3 Å². The molecule has 0 saturated heterocycles. The zero-order chi connectivity index (χ0) is 32.2. The number of phenolic OH excluding ortho intramolecular Hbond substituents is 4. The van der Waals surface area contributed by atoms with Gasteiger partial charge in [0.05, 0.1) is 6.10 Å². The summed E-state index contributed by atoms with van der Waals surface area (Å²) in [4.78, 5) is -0.445. The third-order valence-electron chi connectivity index (χ3n) is 9.51. The Kier molecular flexibility index (Phi) is 15.6. The highest BCUT2D eigenvalue weighted by molar-refractivity contribution is 6.44. The largest absolute Gasteiger partial charge is 0.508 e. The molecule has 6 rings (SSSR count). The van der Waals surface area contributed by atoms with Crippen molar-refractivity contribution in [1.82, 2.24) is 0 Å². The van der Waals surface area contributed by atoms with Crippen molar-refractivity contribution in [1.29, 1.82) is 0 Å². The van der Waals surface area contributed by atoms with E-state index in [9.17, 15) is 25.5 Å². The minimum absolute atomic E-state index is 0.00383. The lowest BCUT2D eigenvalue weighted by molar-refractivity contribution is 0.110. The number of rotatable bonds is 8. The Balaban J connectivity index is 1.87. The van der Waals surface area contributed by atoms with Crippen LogP contribution in [0, 0.1) is 11.8 Å². The second-order valence-electron chi connectivity index (χ2n) is 13.2. The predicted molar refractivity (Wildman–Crippen MR) is 183 cm³/mol. The summed E-state index contributed by atoms with van der Waals surface area (Å²) < 4.78 is 0.